The average molecular weight is 414 g/mol. The highest BCUT2D eigenvalue weighted by atomic mass is 127. The Morgan fingerprint density at radius 3 is 2.73 bits per heavy atom. The van der Waals surface area contributed by atoms with E-state index in [4.69, 9.17) is 0 Å². The highest BCUT2D eigenvalue weighted by molar-refractivity contribution is 14.1. The van der Waals surface area contributed by atoms with Gasteiger partial charge in [-0.15, -0.1) is 22.7 Å². The first-order valence-corrected chi connectivity index (χ1v) is 7.94. The van der Waals surface area contributed by atoms with Gasteiger partial charge in [0.05, 0.1) is 12.7 Å². The molecule has 0 saturated heterocycles. The molecule has 0 aliphatic carbocycles. The molecule has 1 atom stereocenters. The lowest BCUT2D eigenvalue weighted by atomic mass is 10.1. The molecule has 2 aromatic heterocycles. The van der Waals surface area contributed by atoms with E-state index in [2.05, 4.69) is 67.4 Å². The number of hydrogen-bond acceptors (Lipinski definition) is 3. The van der Waals surface area contributed by atoms with Gasteiger partial charge in [0.1, 0.15) is 0 Å². The van der Waals surface area contributed by atoms with Gasteiger partial charge >= 0.3 is 0 Å². The molecule has 80 valence electrons. The van der Waals surface area contributed by atoms with E-state index in [1.165, 1.54) is 17.1 Å². The second kappa shape index (κ2) is 5.27. The molecule has 0 aromatic carbocycles. The van der Waals surface area contributed by atoms with Crippen molar-refractivity contribution in [3.8, 4) is 0 Å². The lowest BCUT2D eigenvalue weighted by Crippen LogP contribution is -2.15. The Balaban J connectivity index is 2.32. The first-order valence-electron chi connectivity index (χ1n) is 4.37. The summed E-state index contributed by atoms with van der Waals surface area (Å²) < 4.78 is 2.51. The Bertz CT molecular complexity index is 411. The standard InChI is InChI=1S/C10H9BrINS2/c1-13-10(6-4-9(12)14-5-6)7-2-3-8(11)15-7/h2-5,10,13H,1H3. The topological polar surface area (TPSA) is 12.0 Å². The molecular weight excluding hydrogens is 405 g/mol. The van der Waals surface area contributed by atoms with Gasteiger partial charge in [-0.25, -0.2) is 0 Å². The minimum absolute atomic E-state index is 0.320. The van der Waals surface area contributed by atoms with E-state index in [9.17, 15) is 0 Å². The Morgan fingerprint density at radius 2 is 2.27 bits per heavy atom. The van der Waals surface area contributed by atoms with Crippen LogP contribution in [0.1, 0.15) is 16.5 Å². The maximum absolute atomic E-state index is 3.50. The van der Waals surface area contributed by atoms with Crippen LogP contribution in [0.4, 0.5) is 0 Å². The zero-order valence-electron chi connectivity index (χ0n) is 7.96. The summed E-state index contributed by atoms with van der Waals surface area (Å²) in [6, 6.07) is 6.82. The second-order valence-corrected chi connectivity index (χ2v) is 8.35. The fourth-order valence-electron chi connectivity index (χ4n) is 1.43. The summed E-state index contributed by atoms with van der Waals surface area (Å²) in [5.41, 5.74) is 1.35. The van der Waals surface area contributed by atoms with Gasteiger partial charge in [-0.3, -0.25) is 0 Å². The molecule has 0 aliphatic rings. The van der Waals surface area contributed by atoms with Crippen molar-refractivity contribution in [3.63, 3.8) is 0 Å². The fraction of sp³-hybridized carbons (Fsp3) is 0.200. The summed E-state index contributed by atoms with van der Waals surface area (Å²) >= 11 is 9.43. The van der Waals surface area contributed by atoms with Gasteiger partial charge in [0.25, 0.3) is 0 Å². The Hall–Kier alpha value is 0.570. The molecule has 1 unspecified atom stereocenters. The molecule has 1 nitrogen and oxygen atoms in total. The minimum Gasteiger partial charge on any atom is -0.309 e. The zero-order chi connectivity index (χ0) is 10.8. The van der Waals surface area contributed by atoms with Crippen LogP contribution in [0.15, 0.2) is 27.4 Å². The third-order valence-electron chi connectivity index (χ3n) is 2.09. The van der Waals surface area contributed by atoms with Gasteiger partial charge in [0.15, 0.2) is 0 Å². The molecular formula is C10H9BrINS2. The van der Waals surface area contributed by atoms with Crippen LogP contribution in [0.3, 0.4) is 0 Å². The smallest absolute Gasteiger partial charge is 0.0702 e. The molecule has 0 amide bonds. The molecule has 0 fully saturated rings. The molecule has 2 rings (SSSR count). The van der Waals surface area contributed by atoms with Gasteiger partial charge in [0, 0.05) is 4.88 Å². The van der Waals surface area contributed by atoms with Crippen LogP contribution in [0.25, 0.3) is 0 Å². The number of nitrogens with one attached hydrogen (secondary N) is 1. The van der Waals surface area contributed by atoms with Crippen molar-refractivity contribution < 1.29 is 0 Å². The summed E-state index contributed by atoms with van der Waals surface area (Å²) in [5.74, 6) is 0. The number of hydrogen-bond donors (Lipinski definition) is 1. The summed E-state index contributed by atoms with van der Waals surface area (Å²) in [7, 11) is 2.00. The van der Waals surface area contributed by atoms with Crippen molar-refractivity contribution >= 4 is 61.2 Å². The third kappa shape index (κ3) is 2.82. The van der Waals surface area contributed by atoms with Crippen LogP contribution in [0.5, 0.6) is 0 Å². The van der Waals surface area contributed by atoms with Gasteiger partial charge in [0.2, 0.25) is 0 Å². The van der Waals surface area contributed by atoms with Crippen molar-refractivity contribution in [3.05, 3.63) is 40.7 Å². The van der Waals surface area contributed by atoms with E-state index in [0.29, 0.717) is 6.04 Å². The molecule has 2 heterocycles. The Labute approximate surface area is 119 Å². The van der Waals surface area contributed by atoms with Gasteiger partial charge in [-0.05, 0) is 74.7 Å². The van der Waals surface area contributed by atoms with Crippen LogP contribution in [-0.4, -0.2) is 7.05 Å². The lowest BCUT2D eigenvalue weighted by molar-refractivity contribution is 0.706. The molecule has 1 N–H and O–H groups in total. The summed E-state index contributed by atoms with van der Waals surface area (Å²) in [5, 5.41) is 5.57. The third-order valence-corrected chi connectivity index (χ3v) is 5.58. The molecule has 0 radical (unpaired) electrons. The first kappa shape index (κ1) is 12.0. The molecule has 15 heavy (non-hydrogen) atoms. The highest BCUT2D eigenvalue weighted by Gasteiger charge is 2.15. The normalized spacial score (nSPS) is 13.0. The molecule has 0 aliphatic heterocycles. The van der Waals surface area contributed by atoms with Gasteiger partial charge in [-0.2, -0.15) is 0 Å². The highest BCUT2D eigenvalue weighted by Crippen LogP contribution is 2.33. The number of halogens is 2. The van der Waals surface area contributed by atoms with E-state index in [1.54, 1.807) is 22.7 Å². The predicted molar refractivity (Wildman–Crippen MR) is 80.0 cm³/mol. The number of thiophene rings is 2. The van der Waals surface area contributed by atoms with E-state index in [0.717, 1.165) is 0 Å². The van der Waals surface area contributed by atoms with Crippen molar-refractivity contribution in [1.82, 2.24) is 5.32 Å². The maximum Gasteiger partial charge on any atom is 0.0702 e. The van der Waals surface area contributed by atoms with E-state index in [1.807, 2.05) is 7.05 Å². The maximum atomic E-state index is 3.50. The monoisotopic (exact) mass is 413 g/mol. The van der Waals surface area contributed by atoms with Gasteiger partial charge in [-0.1, -0.05) is 0 Å². The number of rotatable bonds is 3. The van der Waals surface area contributed by atoms with Crippen LogP contribution in [0, 0.1) is 2.88 Å². The molecule has 0 bridgehead atoms. The Morgan fingerprint density at radius 1 is 1.47 bits per heavy atom. The van der Waals surface area contributed by atoms with Crippen LogP contribution in [0.2, 0.25) is 0 Å². The minimum atomic E-state index is 0.320. The van der Waals surface area contributed by atoms with Crippen molar-refractivity contribution in [1.29, 1.82) is 0 Å². The summed E-state index contributed by atoms with van der Waals surface area (Å²) in [6.07, 6.45) is 0. The molecule has 0 saturated carbocycles. The fourth-order valence-corrected chi connectivity index (χ4v) is 4.39. The van der Waals surface area contributed by atoms with Crippen molar-refractivity contribution in [2.45, 2.75) is 6.04 Å². The van der Waals surface area contributed by atoms with Crippen LogP contribution >= 0.6 is 61.2 Å². The predicted octanol–water partition coefficient (Wildman–Crippen LogP) is 4.49. The SMILES string of the molecule is CNC(c1csc(I)c1)c1ccc(Br)s1. The van der Waals surface area contributed by atoms with Gasteiger partial charge < -0.3 is 5.32 Å². The summed E-state index contributed by atoms with van der Waals surface area (Å²) in [6.45, 7) is 0. The van der Waals surface area contributed by atoms with Crippen molar-refractivity contribution in [2.75, 3.05) is 7.05 Å². The molecule has 2 aromatic rings. The van der Waals surface area contributed by atoms with E-state index >= 15 is 0 Å². The van der Waals surface area contributed by atoms with Crippen molar-refractivity contribution in [2.24, 2.45) is 0 Å². The largest absolute Gasteiger partial charge is 0.309 e. The Kier molecular flexibility index (Phi) is 4.23. The summed E-state index contributed by atoms with van der Waals surface area (Å²) in [4.78, 5) is 1.35. The quantitative estimate of drug-likeness (QED) is 0.731. The van der Waals surface area contributed by atoms with Crippen LogP contribution in [-0.2, 0) is 0 Å². The van der Waals surface area contributed by atoms with Crippen LogP contribution < -0.4 is 5.32 Å². The molecule has 5 heteroatoms. The van der Waals surface area contributed by atoms with E-state index < -0.39 is 0 Å². The first-order chi connectivity index (χ1) is 7.20. The lowest BCUT2D eigenvalue weighted by Gasteiger charge is -2.12. The van der Waals surface area contributed by atoms with E-state index in [-0.39, 0.29) is 0 Å². The average Bonchev–Trinajstić information content (AvgIpc) is 2.78. The zero-order valence-corrected chi connectivity index (χ0v) is 13.3. The molecule has 0 spiro atoms. The second-order valence-electron chi connectivity index (χ2n) is 3.05.